The summed E-state index contributed by atoms with van der Waals surface area (Å²) in [5.74, 6) is -1.27. The average molecular weight is 624 g/mol. The second kappa shape index (κ2) is 13.6. The standard InChI is InChI=1S/C30H33ClF3N3O4S/c1-5-21(3)35-29(39)22(4)36(18-23-11-9-10-20(2)16-23)28(38)19-37(42(40,41)25-12-7-6-8-13-25)27-17-24(30(32,33)34)14-15-26(27)31/h6-17,21-22H,5,18-19H2,1-4H3,(H,35,39)/t21-,22+/m0/s1. The molecule has 0 heterocycles. The molecule has 0 radical (unpaired) electrons. The molecule has 0 aliphatic rings. The number of nitrogens with one attached hydrogen (secondary N) is 1. The van der Waals surface area contributed by atoms with E-state index in [-0.39, 0.29) is 22.5 Å². The van der Waals surface area contributed by atoms with Crippen LogP contribution in [0.3, 0.4) is 0 Å². The zero-order chi connectivity index (χ0) is 31.2. The fourth-order valence-electron chi connectivity index (χ4n) is 4.17. The highest BCUT2D eigenvalue weighted by molar-refractivity contribution is 7.92. The Balaban J connectivity index is 2.12. The molecular weight excluding hydrogens is 591 g/mol. The number of hydrogen-bond acceptors (Lipinski definition) is 4. The third-order valence-corrected chi connectivity index (χ3v) is 8.85. The summed E-state index contributed by atoms with van der Waals surface area (Å²) in [6.07, 6.45) is -4.16. The first-order valence-electron chi connectivity index (χ1n) is 13.2. The molecular formula is C30H33ClF3N3O4S. The van der Waals surface area contributed by atoms with Crippen LogP contribution in [-0.2, 0) is 32.3 Å². The second-order valence-corrected chi connectivity index (χ2v) is 12.3. The normalized spacial score (nSPS) is 13.2. The van der Waals surface area contributed by atoms with Crippen molar-refractivity contribution in [3.63, 3.8) is 0 Å². The number of rotatable bonds is 11. The molecule has 0 unspecified atom stereocenters. The van der Waals surface area contributed by atoms with Gasteiger partial charge in [0.2, 0.25) is 11.8 Å². The molecule has 1 N–H and O–H groups in total. The van der Waals surface area contributed by atoms with Crippen LogP contribution in [0.4, 0.5) is 18.9 Å². The molecule has 0 aromatic heterocycles. The fourth-order valence-corrected chi connectivity index (χ4v) is 5.88. The van der Waals surface area contributed by atoms with E-state index in [1.165, 1.54) is 36.1 Å². The van der Waals surface area contributed by atoms with Crippen LogP contribution in [0.15, 0.2) is 77.7 Å². The van der Waals surface area contributed by atoms with Gasteiger partial charge in [-0.1, -0.05) is 66.6 Å². The number of benzene rings is 3. The highest BCUT2D eigenvalue weighted by Crippen LogP contribution is 2.37. The van der Waals surface area contributed by atoms with Crippen LogP contribution in [-0.4, -0.2) is 43.8 Å². The predicted octanol–water partition coefficient (Wildman–Crippen LogP) is 6.19. The number of aryl methyl sites for hydroxylation is 1. The van der Waals surface area contributed by atoms with Crippen LogP contribution in [0.1, 0.15) is 43.9 Å². The lowest BCUT2D eigenvalue weighted by atomic mass is 10.1. The lowest BCUT2D eigenvalue weighted by Gasteiger charge is -2.33. The molecule has 0 aliphatic heterocycles. The number of sulfonamides is 1. The van der Waals surface area contributed by atoms with Crippen molar-refractivity contribution in [3.8, 4) is 0 Å². The molecule has 0 saturated heterocycles. The third-order valence-electron chi connectivity index (χ3n) is 6.76. The summed E-state index contributed by atoms with van der Waals surface area (Å²) in [6.45, 7) is 6.10. The van der Waals surface area contributed by atoms with E-state index in [4.69, 9.17) is 11.6 Å². The van der Waals surface area contributed by atoms with Gasteiger partial charge in [0.25, 0.3) is 10.0 Å². The molecule has 0 saturated carbocycles. The Morgan fingerprint density at radius 1 is 0.976 bits per heavy atom. The Morgan fingerprint density at radius 3 is 2.24 bits per heavy atom. The molecule has 0 fully saturated rings. The Labute approximate surface area is 249 Å². The van der Waals surface area contributed by atoms with E-state index in [2.05, 4.69) is 5.32 Å². The lowest BCUT2D eigenvalue weighted by Crippen LogP contribution is -2.52. The van der Waals surface area contributed by atoms with E-state index < -0.39 is 51.9 Å². The van der Waals surface area contributed by atoms with Crippen LogP contribution in [0.25, 0.3) is 0 Å². The zero-order valence-corrected chi connectivity index (χ0v) is 25.2. The minimum Gasteiger partial charge on any atom is -0.352 e. The smallest absolute Gasteiger partial charge is 0.352 e. The van der Waals surface area contributed by atoms with E-state index in [0.717, 1.165) is 17.7 Å². The number of nitrogens with zero attached hydrogens (tertiary/aromatic N) is 2. The molecule has 0 bridgehead atoms. The van der Waals surface area contributed by atoms with Crippen molar-refractivity contribution in [2.45, 2.75) is 63.8 Å². The quantitative estimate of drug-likeness (QED) is 0.276. The Hall–Kier alpha value is -3.57. The number of amides is 2. The molecule has 0 aliphatic carbocycles. The van der Waals surface area contributed by atoms with E-state index in [9.17, 15) is 31.2 Å². The largest absolute Gasteiger partial charge is 0.416 e. The van der Waals surface area contributed by atoms with Gasteiger partial charge in [0, 0.05) is 12.6 Å². The number of anilines is 1. The zero-order valence-electron chi connectivity index (χ0n) is 23.7. The number of halogens is 4. The molecule has 0 spiro atoms. The predicted molar refractivity (Wildman–Crippen MR) is 157 cm³/mol. The average Bonchev–Trinajstić information content (AvgIpc) is 2.94. The minimum absolute atomic E-state index is 0.0504. The summed E-state index contributed by atoms with van der Waals surface area (Å²) in [5.41, 5.74) is -0.0711. The number of carbonyl (C=O) groups excluding carboxylic acids is 2. The maximum absolute atomic E-state index is 14.0. The van der Waals surface area contributed by atoms with Gasteiger partial charge in [0.05, 0.1) is 21.2 Å². The summed E-state index contributed by atoms with van der Waals surface area (Å²) < 4.78 is 69.2. The fraction of sp³-hybridized carbons (Fsp3) is 0.333. The third kappa shape index (κ3) is 8.04. The van der Waals surface area contributed by atoms with Crippen molar-refractivity contribution in [2.75, 3.05) is 10.8 Å². The first-order chi connectivity index (χ1) is 19.6. The number of hydrogen-bond donors (Lipinski definition) is 1. The van der Waals surface area contributed by atoms with Gasteiger partial charge in [-0.3, -0.25) is 13.9 Å². The molecule has 3 rings (SSSR count). The maximum Gasteiger partial charge on any atom is 0.416 e. The van der Waals surface area contributed by atoms with Crippen molar-refractivity contribution >= 4 is 39.1 Å². The Kier molecular flexibility index (Phi) is 10.7. The summed E-state index contributed by atoms with van der Waals surface area (Å²) in [7, 11) is -4.58. The van der Waals surface area contributed by atoms with Gasteiger partial charge >= 0.3 is 6.18 Å². The van der Waals surface area contributed by atoms with E-state index in [0.29, 0.717) is 22.4 Å². The molecule has 7 nitrogen and oxygen atoms in total. The van der Waals surface area contributed by atoms with Gasteiger partial charge < -0.3 is 10.2 Å². The van der Waals surface area contributed by atoms with Gasteiger partial charge in [0.15, 0.2) is 0 Å². The maximum atomic E-state index is 14.0. The SMILES string of the molecule is CC[C@H](C)NC(=O)[C@@H](C)N(Cc1cccc(C)c1)C(=O)CN(c1cc(C(F)(F)F)ccc1Cl)S(=O)(=O)c1ccccc1. The summed E-state index contributed by atoms with van der Waals surface area (Å²) in [4.78, 5) is 28.0. The van der Waals surface area contributed by atoms with Gasteiger partial charge in [-0.15, -0.1) is 0 Å². The topological polar surface area (TPSA) is 86.8 Å². The van der Waals surface area contributed by atoms with E-state index in [1.807, 2.05) is 26.0 Å². The molecule has 226 valence electrons. The Bertz CT molecular complexity index is 1520. The van der Waals surface area contributed by atoms with Crippen LogP contribution in [0.2, 0.25) is 5.02 Å². The molecule has 2 atom stereocenters. The number of alkyl halides is 3. The molecule has 3 aromatic rings. The summed E-state index contributed by atoms with van der Waals surface area (Å²) >= 11 is 6.27. The second-order valence-electron chi connectivity index (χ2n) is 9.99. The summed E-state index contributed by atoms with van der Waals surface area (Å²) in [5, 5.41) is 2.52. The monoisotopic (exact) mass is 623 g/mol. The van der Waals surface area contributed by atoms with Gasteiger partial charge in [-0.25, -0.2) is 8.42 Å². The van der Waals surface area contributed by atoms with Crippen LogP contribution >= 0.6 is 11.6 Å². The Morgan fingerprint density at radius 2 is 1.64 bits per heavy atom. The molecule has 2 amide bonds. The highest BCUT2D eigenvalue weighted by atomic mass is 35.5. The van der Waals surface area contributed by atoms with Crippen molar-refractivity contribution in [1.29, 1.82) is 0 Å². The highest BCUT2D eigenvalue weighted by Gasteiger charge is 2.36. The minimum atomic E-state index is -4.80. The molecule has 42 heavy (non-hydrogen) atoms. The van der Waals surface area contributed by atoms with Crippen LogP contribution in [0.5, 0.6) is 0 Å². The van der Waals surface area contributed by atoms with Gasteiger partial charge in [-0.05, 0) is 63.1 Å². The van der Waals surface area contributed by atoms with Crippen LogP contribution < -0.4 is 9.62 Å². The van der Waals surface area contributed by atoms with E-state index >= 15 is 0 Å². The van der Waals surface area contributed by atoms with Gasteiger partial charge in [0.1, 0.15) is 12.6 Å². The lowest BCUT2D eigenvalue weighted by molar-refractivity contribution is -0.139. The van der Waals surface area contributed by atoms with Crippen molar-refractivity contribution in [1.82, 2.24) is 10.2 Å². The van der Waals surface area contributed by atoms with Crippen LogP contribution in [0, 0.1) is 6.92 Å². The first-order valence-corrected chi connectivity index (χ1v) is 15.1. The molecule has 12 heteroatoms. The molecule has 3 aromatic carbocycles. The first kappa shape index (κ1) is 32.9. The summed E-state index contributed by atoms with van der Waals surface area (Å²) in [6, 6.07) is 15.3. The van der Waals surface area contributed by atoms with Crippen molar-refractivity contribution < 1.29 is 31.2 Å². The van der Waals surface area contributed by atoms with E-state index in [1.54, 1.807) is 25.1 Å². The van der Waals surface area contributed by atoms with Crippen molar-refractivity contribution in [2.24, 2.45) is 0 Å². The van der Waals surface area contributed by atoms with Crippen molar-refractivity contribution in [3.05, 3.63) is 94.5 Å². The van der Waals surface area contributed by atoms with Gasteiger partial charge in [-0.2, -0.15) is 13.2 Å². The number of carbonyl (C=O) groups is 2.